The van der Waals surface area contributed by atoms with Gasteiger partial charge >= 0.3 is 0 Å². The molecule has 0 aliphatic heterocycles. The summed E-state index contributed by atoms with van der Waals surface area (Å²) in [5.41, 5.74) is 5.56. The van der Waals surface area contributed by atoms with Crippen LogP contribution in [0.2, 0.25) is 0 Å². The Kier molecular flexibility index (Phi) is 3.85. The molecular formula is C12H10N4O2S. The maximum atomic E-state index is 11.5. The van der Waals surface area contributed by atoms with Gasteiger partial charge in [-0.1, -0.05) is 18.2 Å². The minimum Gasteiger partial charge on any atom is -0.610 e. The first-order chi connectivity index (χ1) is 9.11. The third-order valence-corrected chi connectivity index (χ3v) is 3.04. The lowest BCUT2D eigenvalue weighted by molar-refractivity contribution is 0.457. The van der Waals surface area contributed by atoms with E-state index in [0.717, 1.165) is 0 Å². The summed E-state index contributed by atoms with van der Waals surface area (Å²) in [7, 11) is 0. The second-order valence-corrected chi connectivity index (χ2v) is 4.84. The minimum atomic E-state index is -1.45. The van der Waals surface area contributed by atoms with E-state index in [2.05, 4.69) is 9.97 Å². The molecule has 2 N–H and O–H groups in total. The number of para-hydroxylation sites is 1. The maximum absolute atomic E-state index is 11.5. The summed E-state index contributed by atoms with van der Waals surface area (Å²) in [5, 5.41) is 9.20. The minimum absolute atomic E-state index is 0.00593. The van der Waals surface area contributed by atoms with Crippen molar-refractivity contribution in [1.29, 1.82) is 5.26 Å². The molecule has 6 nitrogen and oxygen atoms in total. The van der Waals surface area contributed by atoms with Gasteiger partial charge in [0.25, 0.3) is 5.03 Å². The average molecular weight is 274 g/mol. The van der Waals surface area contributed by atoms with Gasteiger partial charge in [0.1, 0.15) is 18.1 Å². The lowest BCUT2D eigenvalue weighted by atomic mass is 10.3. The standard InChI is InChI=1S/C12H10N4O2S/c1-19(17)11-9(7-13)10(15-12(14)16-11)18-8-5-3-2-4-6-8/h2-6H,1H3,(H2,14,15,16). The molecule has 1 heterocycles. The van der Waals surface area contributed by atoms with Crippen LogP contribution < -0.4 is 10.5 Å². The fraction of sp³-hybridized carbons (Fsp3) is 0.0833. The molecule has 7 heteroatoms. The zero-order chi connectivity index (χ0) is 13.8. The van der Waals surface area contributed by atoms with Crippen LogP contribution in [0.15, 0.2) is 35.4 Å². The number of nitrogens with zero attached hydrogens (tertiary/aromatic N) is 3. The van der Waals surface area contributed by atoms with Crippen LogP contribution in [-0.2, 0) is 11.2 Å². The van der Waals surface area contributed by atoms with Crippen molar-refractivity contribution in [1.82, 2.24) is 9.97 Å². The third-order valence-electron chi connectivity index (χ3n) is 2.20. The molecule has 0 saturated carbocycles. The second kappa shape index (κ2) is 5.56. The quantitative estimate of drug-likeness (QED) is 0.670. The highest BCUT2D eigenvalue weighted by Gasteiger charge is 2.22. The molecule has 2 aromatic rings. The Balaban J connectivity index is 2.48. The van der Waals surface area contributed by atoms with Gasteiger partial charge in [-0.25, -0.2) is 0 Å². The highest BCUT2D eigenvalue weighted by molar-refractivity contribution is 7.90. The topological polar surface area (TPSA) is 108 Å². The SMILES string of the molecule is C[S+]([O-])c1nc(N)nc(Oc2ccccc2)c1C#N. The van der Waals surface area contributed by atoms with Gasteiger partial charge in [-0.05, 0) is 12.1 Å². The van der Waals surface area contributed by atoms with E-state index in [1.54, 1.807) is 24.3 Å². The van der Waals surface area contributed by atoms with Crippen molar-refractivity contribution in [3.63, 3.8) is 0 Å². The van der Waals surface area contributed by atoms with Crippen LogP contribution in [0.4, 0.5) is 5.95 Å². The van der Waals surface area contributed by atoms with Crippen molar-refractivity contribution in [2.45, 2.75) is 5.03 Å². The van der Waals surface area contributed by atoms with Crippen molar-refractivity contribution in [3.8, 4) is 17.7 Å². The Bertz CT molecular complexity index is 626. The number of anilines is 1. The maximum Gasteiger partial charge on any atom is 0.271 e. The number of hydrogen-bond acceptors (Lipinski definition) is 6. The Morgan fingerprint density at radius 2 is 2.00 bits per heavy atom. The summed E-state index contributed by atoms with van der Waals surface area (Å²) >= 11 is -1.45. The van der Waals surface area contributed by atoms with E-state index in [0.29, 0.717) is 5.75 Å². The fourth-order valence-corrected chi connectivity index (χ4v) is 2.06. The normalized spacial score (nSPS) is 11.6. The Morgan fingerprint density at radius 3 is 2.58 bits per heavy atom. The molecule has 0 amide bonds. The molecule has 1 atom stereocenters. The number of ether oxygens (including phenoxy) is 1. The average Bonchev–Trinajstić information content (AvgIpc) is 2.39. The van der Waals surface area contributed by atoms with Crippen LogP contribution in [0.25, 0.3) is 0 Å². The molecular weight excluding hydrogens is 264 g/mol. The first-order valence-corrected chi connectivity index (χ1v) is 6.81. The summed E-state index contributed by atoms with van der Waals surface area (Å²) < 4.78 is 17.0. The third kappa shape index (κ3) is 2.93. The Morgan fingerprint density at radius 1 is 1.32 bits per heavy atom. The zero-order valence-electron chi connectivity index (χ0n) is 10.0. The first kappa shape index (κ1) is 13.1. The molecule has 2 rings (SSSR count). The summed E-state index contributed by atoms with van der Waals surface area (Å²) in [5.74, 6) is 0.423. The number of rotatable bonds is 3. The van der Waals surface area contributed by atoms with E-state index in [-0.39, 0.29) is 22.4 Å². The molecule has 1 aromatic carbocycles. The van der Waals surface area contributed by atoms with Crippen molar-refractivity contribution in [3.05, 3.63) is 35.9 Å². The van der Waals surface area contributed by atoms with E-state index in [9.17, 15) is 4.55 Å². The number of hydrogen-bond donors (Lipinski definition) is 1. The molecule has 0 aliphatic carbocycles. The van der Waals surface area contributed by atoms with Gasteiger partial charge < -0.3 is 15.0 Å². The zero-order valence-corrected chi connectivity index (χ0v) is 10.8. The van der Waals surface area contributed by atoms with Crippen molar-refractivity contribution in [2.24, 2.45) is 0 Å². The van der Waals surface area contributed by atoms with Crippen molar-refractivity contribution >= 4 is 17.1 Å². The molecule has 0 fully saturated rings. The number of nitriles is 1. The fourth-order valence-electron chi connectivity index (χ4n) is 1.41. The van der Waals surface area contributed by atoms with E-state index in [4.69, 9.17) is 15.7 Å². The molecule has 19 heavy (non-hydrogen) atoms. The first-order valence-electron chi connectivity index (χ1n) is 5.25. The van der Waals surface area contributed by atoms with Gasteiger partial charge in [0.2, 0.25) is 11.8 Å². The van der Waals surface area contributed by atoms with E-state index >= 15 is 0 Å². The predicted octanol–water partition coefficient (Wildman–Crippen LogP) is 1.46. The van der Waals surface area contributed by atoms with Gasteiger partial charge in [-0.3, -0.25) is 0 Å². The van der Waals surface area contributed by atoms with Crippen molar-refractivity contribution < 1.29 is 9.29 Å². The molecule has 96 valence electrons. The van der Waals surface area contributed by atoms with Gasteiger partial charge in [-0.2, -0.15) is 15.2 Å². The molecule has 0 radical (unpaired) electrons. The van der Waals surface area contributed by atoms with E-state index < -0.39 is 11.2 Å². The lowest BCUT2D eigenvalue weighted by Crippen LogP contribution is -2.10. The summed E-state index contributed by atoms with van der Waals surface area (Å²) in [4.78, 5) is 7.68. The van der Waals surface area contributed by atoms with Gasteiger partial charge in [0.05, 0.1) is 0 Å². The summed E-state index contributed by atoms with van der Waals surface area (Å²) in [6.45, 7) is 0. The Hall–Kier alpha value is -2.30. The van der Waals surface area contributed by atoms with Crippen LogP contribution >= 0.6 is 0 Å². The molecule has 0 aliphatic rings. The highest BCUT2D eigenvalue weighted by atomic mass is 32.2. The Labute approximate surface area is 113 Å². The van der Waals surface area contributed by atoms with Gasteiger partial charge in [0, 0.05) is 11.2 Å². The van der Waals surface area contributed by atoms with Gasteiger partial charge in [-0.15, -0.1) is 0 Å². The largest absolute Gasteiger partial charge is 0.610 e. The number of nitrogen functional groups attached to an aromatic ring is 1. The lowest BCUT2D eigenvalue weighted by Gasteiger charge is -2.10. The van der Waals surface area contributed by atoms with E-state index in [1.165, 1.54) is 6.26 Å². The summed E-state index contributed by atoms with van der Waals surface area (Å²) in [6.07, 6.45) is 1.41. The molecule has 1 aromatic heterocycles. The monoisotopic (exact) mass is 274 g/mol. The van der Waals surface area contributed by atoms with Crippen molar-refractivity contribution in [2.75, 3.05) is 12.0 Å². The van der Waals surface area contributed by atoms with Crippen LogP contribution in [0.3, 0.4) is 0 Å². The van der Waals surface area contributed by atoms with Crippen LogP contribution in [-0.4, -0.2) is 20.8 Å². The highest BCUT2D eigenvalue weighted by Crippen LogP contribution is 2.27. The molecule has 1 unspecified atom stereocenters. The second-order valence-electron chi connectivity index (χ2n) is 3.55. The number of benzene rings is 1. The predicted molar refractivity (Wildman–Crippen MR) is 70.0 cm³/mol. The number of aromatic nitrogens is 2. The van der Waals surface area contributed by atoms with Crippen LogP contribution in [0.5, 0.6) is 11.6 Å². The van der Waals surface area contributed by atoms with Crippen LogP contribution in [0, 0.1) is 11.3 Å². The summed E-state index contributed by atoms with van der Waals surface area (Å²) in [6, 6.07) is 10.7. The van der Waals surface area contributed by atoms with Crippen LogP contribution in [0.1, 0.15) is 5.56 Å². The molecule has 0 spiro atoms. The van der Waals surface area contributed by atoms with Gasteiger partial charge in [0.15, 0.2) is 5.56 Å². The smallest absolute Gasteiger partial charge is 0.271 e. The van der Waals surface area contributed by atoms with E-state index in [1.807, 2.05) is 12.1 Å². The molecule has 0 saturated heterocycles. The number of nitrogens with two attached hydrogens (primary N) is 1. The molecule has 0 bridgehead atoms.